The third kappa shape index (κ3) is 3.11. The number of nitrogen functional groups attached to an aromatic ring is 1. The van der Waals surface area contributed by atoms with Crippen molar-refractivity contribution < 1.29 is 4.79 Å². The number of amides is 1. The smallest absolute Gasteiger partial charge is 0.255 e. The zero-order chi connectivity index (χ0) is 14.7. The number of nitrogens with two attached hydrogens (primary N) is 1. The number of halogens is 1. The van der Waals surface area contributed by atoms with Crippen LogP contribution >= 0.6 is 11.6 Å². The number of carbonyl (C=O) groups is 1. The number of benzene rings is 2. The van der Waals surface area contributed by atoms with E-state index < -0.39 is 0 Å². The molecule has 0 saturated heterocycles. The van der Waals surface area contributed by atoms with Crippen LogP contribution in [0.2, 0.25) is 5.02 Å². The van der Waals surface area contributed by atoms with Gasteiger partial charge in [-0.25, -0.2) is 0 Å². The minimum Gasteiger partial charge on any atom is -0.399 e. The minimum absolute atomic E-state index is 0.149. The summed E-state index contributed by atoms with van der Waals surface area (Å²) in [5, 5.41) is 3.57. The lowest BCUT2D eigenvalue weighted by molar-refractivity contribution is 0.102. The molecule has 0 aliphatic heterocycles. The van der Waals surface area contributed by atoms with Gasteiger partial charge in [0.2, 0.25) is 0 Å². The highest BCUT2D eigenvalue weighted by atomic mass is 35.5. The molecule has 4 heteroatoms. The maximum atomic E-state index is 12.2. The number of rotatable bonds is 3. The van der Waals surface area contributed by atoms with E-state index in [1.165, 1.54) is 0 Å². The fraction of sp³-hybridized carbons (Fsp3) is 0.188. The standard InChI is InChI=1S/C16H17ClN2O/c1-3-11-9-14(18)8-10(2)15(11)19-16(20)12-4-6-13(17)7-5-12/h4-9H,3,18H2,1-2H3,(H,19,20). The summed E-state index contributed by atoms with van der Waals surface area (Å²) in [6.07, 6.45) is 0.808. The Labute approximate surface area is 123 Å². The molecule has 0 aromatic heterocycles. The average molecular weight is 289 g/mol. The van der Waals surface area contributed by atoms with Gasteiger partial charge in [0.1, 0.15) is 0 Å². The summed E-state index contributed by atoms with van der Waals surface area (Å²) < 4.78 is 0. The molecule has 0 heterocycles. The van der Waals surface area contributed by atoms with E-state index in [1.54, 1.807) is 24.3 Å². The van der Waals surface area contributed by atoms with Crippen LogP contribution in [0.5, 0.6) is 0 Å². The van der Waals surface area contributed by atoms with Crippen molar-refractivity contribution in [2.24, 2.45) is 0 Å². The van der Waals surface area contributed by atoms with Crippen LogP contribution in [0.4, 0.5) is 11.4 Å². The van der Waals surface area contributed by atoms with E-state index in [2.05, 4.69) is 5.32 Å². The number of hydrogen-bond donors (Lipinski definition) is 2. The van der Waals surface area contributed by atoms with Gasteiger partial charge in [0, 0.05) is 22.0 Å². The second kappa shape index (κ2) is 5.97. The number of aryl methyl sites for hydroxylation is 2. The van der Waals surface area contributed by atoms with Crippen LogP contribution in [0.1, 0.15) is 28.4 Å². The Kier molecular flexibility index (Phi) is 4.30. The number of carbonyl (C=O) groups excluding carboxylic acids is 1. The SMILES string of the molecule is CCc1cc(N)cc(C)c1NC(=O)c1ccc(Cl)cc1. The van der Waals surface area contributed by atoms with E-state index in [4.69, 9.17) is 17.3 Å². The highest BCUT2D eigenvalue weighted by Crippen LogP contribution is 2.25. The molecule has 2 aromatic carbocycles. The van der Waals surface area contributed by atoms with Crippen LogP contribution in [0.25, 0.3) is 0 Å². The van der Waals surface area contributed by atoms with Gasteiger partial charge >= 0.3 is 0 Å². The van der Waals surface area contributed by atoms with Gasteiger partial charge in [-0.05, 0) is 60.9 Å². The van der Waals surface area contributed by atoms with Crippen LogP contribution in [0.15, 0.2) is 36.4 Å². The van der Waals surface area contributed by atoms with Crippen molar-refractivity contribution in [1.82, 2.24) is 0 Å². The van der Waals surface area contributed by atoms with Crippen molar-refractivity contribution in [2.45, 2.75) is 20.3 Å². The summed E-state index contributed by atoms with van der Waals surface area (Å²) in [7, 11) is 0. The summed E-state index contributed by atoms with van der Waals surface area (Å²) >= 11 is 5.82. The van der Waals surface area contributed by atoms with E-state index in [0.29, 0.717) is 16.3 Å². The monoisotopic (exact) mass is 288 g/mol. The maximum Gasteiger partial charge on any atom is 0.255 e. The Bertz CT molecular complexity index is 636. The maximum absolute atomic E-state index is 12.2. The van der Waals surface area contributed by atoms with E-state index >= 15 is 0 Å². The zero-order valence-electron chi connectivity index (χ0n) is 11.5. The quantitative estimate of drug-likeness (QED) is 0.837. The second-order valence-electron chi connectivity index (χ2n) is 4.69. The molecule has 0 bridgehead atoms. The van der Waals surface area contributed by atoms with E-state index in [9.17, 15) is 4.79 Å². The molecular weight excluding hydrogens is 272 g/mol. The predicted molar refractivity (Wildman–Crippen MR) is 84.4 cm³/mol. The van der Waals surface area contributed by atoms with Crippen LogP contribution < -0.4 is 11.1 Å². The fourth-order valence-corrected chi connectivity index (χ4v) is 2.26. The number of hydrogen-bond acceptors (Lipinski definition) is 2. The van der Waals surface area contributed by atoms with Gasteiger partial charge in [0.25, 0.3) is 5.91 Å². The van der Waals surface area contributed by atoms with Gasteiger partial charge in [-0.3, -0.25) is 4.79 Å². The van der Waals surface area contributed by atoms with Crippen molar-refractivity contribution in [1.29, 1.82) is 0 Å². The average Bonchev–Trinajstić information content (AvgIpc) is 2.42. The molecule has 0 aliphatic rings. The lowest BCUT2D eigenvalue weighted by atomic mass is 10.0. The van der Waals surface area contributed by atoms with Gasteiger partial charge in [-0.2, -0.15) is 0 Å². The van der Waals surface area contributed by atoms with Crippen molar-refractivity contribution in [3.05, 3.63) is 58.1 Å². The Balaban J connectivity index is 2.30. The predicted octanol–water partition coefficient (Wildman–Crippen LogP) is 4.05. The Morgan fingerprint density at radius 3 is 2.50 bits per heavy atom. The fourth-order valence-electron chi connectivity index (χ4n) is 2.14. The normalized spacial score (nSPS) is 10.3. The summed E-state index contributed by atoms with van der Waals surface area (Å²) in [6.45, 7) is 3.97. The molecule has 0 radical (unpaired) electrons. The molecule has 1 amide bonds. The van der Waals surface area contributed by atoms with Crippen molar-refractivity contribution in [3.8, 4) is 0 Å². The summed E-state index contributed by atoms with van der Waals surface area (Å²) in [5.41, 5.74) is 9.95. The lowest BCUT2D eigenvalue weighted by Gasteiger charge is -2.14. The Hall–Kier alpha value is -2.00. The summed E-state index contributed by atoms with van der Waals surface area (Å²) in [5.74, 6) is -0.149. The van der Waals surface area contributed by atoms with E-state index in [-0.39, 0.29) is 5.91 Å². The topological polar surface area (TPSA) is 55.1 Å². The molecule has 3 N–H and O–H groups in total. The van der Waals surface area contributed by atoms with Crippen LogP contribution in [0.3, 0.4) is 0 Å². The molecule has 2 aromatic rings. The first-order chi connectivity index (χ1) is 9.51. The lowest BCUT2D eigenvalue weighted by Crippen LogP contribution is -2.14. The van der Waals surface area contributed by atoms with Gasteiger partial charge in [-0.15, -0.1) is 0 Å². The minimum atomic E-state index is -0.149. The third-order valence-electron chi connectivity index (χ3n) is 3.17. The molecule has 0 saturated carbocycles. The van der Waals surface area contributed by atoms with E-state index in [1.807, 2.05) is 26.0 Å². The largest absolute Gasteiger partial charge is 0.399 e. The van der Waals surface area contributed by atoms with Crippen LogP contribution in [-0.4, -0.2) is 5.91 Å². The first kappa shape index (κ1) is 14.4. The molecule has 0 fully saturated rings. The molecule has 0 atom stereocenters. The molecule has 0 spiro atoms. The molecule has 0 unspecified atom stereocenters. The Morgan fingerprint density at radius 1 is 1.25 bits per heavy atom. The van der Waals surface area contributed by atoms with Crippen LogP contribution in [-0.2, 0) is 6.42 Å². The Morgan fingerprint density at radius 2 is 1.90 bits per heavy atom. The van der Waals surface area contributed by atoms with Crippen molar-refractivity contribution in [2.75, 3.05) is 11.1 Å². The summed E-state index contributed by atoms with van der Waals surface area (Å²) in [4.78, 5) is 12.2. The van der Waals surface area contributed by atoms with Crippen molar-refractivity contribution in [3.63, 3.8) is 0 Å². The molecule has 0 aliphatic carbocycles. The van der Waals surface area contributed by atoms with Gasteiger partial charge in [0.05, 0.1) is 0 Å². The van der Waals surface area contributed by atoms with Gasteiger partial charge < -0.3 is 11.1 Å². The first-order valence-corrected chi connectivity index (χ1v) is 6.85. The van der Waals surface area contributed by atoms with E-state index in [0.717, 1.165) is 23.2 Å². The number of anilines is 2. The molecule has 20 heavy (non-hydrogen) atoms. The number of nitrogens with one attached hydrogen (secondary N) is 1. The second-order valence-corrected chi connectivity index (χ2v) is 5.12. The molecule has 3 nitrogen and oxygen atoms in total. The highest BCUT2D eigenvalue weighted by Gasteiger charge is 2.11. The van der Waals surface area contributed by atoms with Gasteiger partial charge in [-0.1, -0.05) is 18.5 Å². The van der Waals surface area contributed by atoms with Crippen molar-refractivity contribution >= 4 is 28.9 Å². The third-order valence-corrected chi connectivity index (χ3v) is 3.42. The van der Waals surface area contributed by atoms with Crippen LogP contribution in [0, 0.1) is 6.92 Å². The zero-order valence-corrected chi connectivity index (χ0v) is 12.3. The van der Waals surface area contributed by atoms with Gasteiger partial charge in [0.15, 0.2) is 0 Å². The first-order valence-electron chi connectivity index (χ1n) is 6.47. The molecule has 2 rings (SSSR count). The summed E-state index contributed by atoms with van der Waals surface area (Å²) in [6, 6.07) is 10.6. The molecule has 104 valence electrons. The molecular formula is C16H17ClN2O. The highest BCUT2D eigenvalue weighted by molar-refractivity contribution is 6.30.